The fraction of sp³-hybridized carbons (Fsp3) is 0.417. The second-order valence-electron chi connectivity index (χ2n) is 4.55. The predicted octanol–water partition coefficient (Wildman–Crippen LogP) is 1.48. The van der Waals surface area contributed by atoms with Crippen LogP contribution in [0.5, 0.6) is 0 Å². The Balaban J connectivity index is 1.80. The maximum atomic E-state index is 11.8. The molecule has 0 saturated heterocycles. The van der Waals surface area contributed by atoms with Gasteiger partial charge in [-0.25, -0.2) is 0 Å². The van der Waals surface area contributed by atoms with Gasteiger partial charge in [-0.05, 0) is 27.8 Å². The number of amides is 1. The van der Waals surface area contributed by atoms with Gasteiger partial charge >= 0.3 is 5.82 Å². The van der Waals surface area contributed by atoms with Gasteiger partial charge in [-0.2, -0.15) is 9.78 Å². The van der Waals surface area contributed by atoms with E-state index in [1.54, 1.807) is 10.9 Å². The van der Waals surface area contributed by atoms with E-state index in [0.717, 1.165) is 12.1 Å². The minimum Gasteiger partial charge on any atom is -0.358 e. The lowest BCUT2D eigenvalue weighted by Crippen LogP contribution is -2.23. The summed E-state index contributed by atoms with van der Waals surface area (Å²) in [6, 6.07) is 0. The Morgan fingerprint density at radius 1 is 1.45 bits per heavy atom. The summed E-state index contributed by atoms with van der Waals surface area (Å²) in [5, 5.41) is 21.4. The first kappa shape index (κ1) is 16.1. The van der Waals surface area contributed by atoms with E-state index in [2.05, 4.69) is 31.4 Å². The van der Waals surface area contributed by atoms with Crippen LogP contribution in [0.1, 0.15) is 18.9 Å². The first-order valence-electron chi connectivity index (χ1n) is 6.65. The molecule has 2 aromatic rings. The molecule has 0 aliphatic carbocycles. The van der Waals surface area contributed by atoms with Crippen LogP contribution < -0.4 is 5.32 Å². The average Bonchev–Trinajstić information content (AvgIpc) is 3.09. The minimum atomic E-state index is -0.577. The number of carbonyl (C=O) groups is 1. The highest BCUT2D eigenvalue weighted by atomic mass is 79.9. The topological polar surface area (TPSA) is 108 Å². The summed E-state index contributed by atoms with van der Waals surface area (Å²) in [6.45, 7) is 3.44. The van der Waals surface area contributed by atoms with Gasteiger partial charge in [0.25, 0.3) is 0 Å². The fourth-order valence-electron chi connectivity index (χ4n) is 1.80. The Kier molecular flexibility index (Phi) is 5.26. The van der Waals surface area contributed by atoms with Crippen molar-refractivity contribution in [2.45, 2.75) is 33.0 Å². The molecular weight excluding hydrogens is 356 g/mol. The summed E-state index contributed by atoms with van der Waals surface area (Å²) < 4.78 is 3.45. The molecule has 0 saturated carbocycles. The molecule has 0 spiro atoms. The number of nitrogens with one attached hydrogen (secondary N) is 1. The number of carbonyl (C=O) groups excluding carboxylic acids is 1. The van der Waals surface area contributed by atoms with Gasteiger partial charge in [0.05, 0.1) is 24.0 Å². The van der Waals surface area contributed by atoms with E-state index in [0.29, 0.717) is 11.0 Å². The number of halogens is 1. The first-order chi connectivity index (χ1) is 10.5. The smallest absolute Gasteiger partial charge is 0.358 e. The zero-order valence-corrected chi connectivity index (χ0v) is 13.5. The van der Waals surface area contributed by atoms with Crippen molar-refractivity contribution in [3.63, 3.8) is 0 Å². The second-order valence-corrected chi connectivity index (χ2v) is 5.41. The minimum absolute atomic E-state index is 0.154. The molecule has 2 heterocycles. The summed E-state index contributed by atoms with van der Waals surface area (Å²) in [5.41, 5.74) is 0.924. The van der Waals surface area contributed by atoms with Gasteiger partial charge in [0.1, 0.15) is 4.47 Å². The summed E-state index contributed by atoms with van der Waals surface area (Å²) in [5.74, 6) is -0.411. The molecule has 10 heteroatoms. The highest BCUT2D eigenvalue weighted by molar-refractivity contribution is 9.10. The van der Waals surface area contributed by atoms with Gasteiger partial charge in [0.2, 0.25) is 5.91 Å². The van der Waals surface area contributed by atoms with Gasteiger partial charge in [-0.1, -0.05) is 0 Å². The third-order valence-corrected chi connectivity index (χ3v) is 3.50. The Morgan fingerprint density at radius 2 is 2.23 bits per heavy atom. The van der Waals surface area contributed by atoms with Crippen molar-refractivity contribution in [1.82, 2.24) is 24.9 Å². The Morgan fingerprint density at radius 3 is 2.82 bits per heavy atom. The van der Waals surface area contributed by atoms with Crippen LogP contribution in [0.2, 0.25) is 0 Å². The number of aromatic nitrogens is 4. The van der Waals surface area contributed by atoms with Crippen LogP contribution in [0.25, 0.3) is 0 Å². The molecule has 0 bridgehead atoms. The first-order valence-corrected chi connectivity index (χ1v) is 7.44. The van der Waals surface area contributed by atoms with Crippen LogP contribution in [0.4, 0.5) is 5.82 Å². The van der Waals surface area contributed by atoms with Crippen molar-refractivity contribution in [1.29, 1.82) is 0 Å². The highest BCUT2D eigenvalue weighted by Gasteiger charge is 2.18. The molecule has 2 aromatic heterocycles. The molecule has 0 fully saturated rings. The van der Waals surface area contributed by atoms with Crippen LogP contribution in [0.15, 0.2) is 23.1 Å². The largest absolute Gasteiger partial charge is 0.404 e. The molecule has 0 unspecified atom stereocenters. The standard InChI is InChI=1S/C12H15BrN6O3/c1-2-17-7-9(6-15-17)5-14-11(20)3-4-18-8-10(13)12(16-18)19(21)22/h6-8H,2-5H2,1H3,(H,14,20). The third-order valence-electron chi connectivity index (χ3n) is 2.94. The second kappa shape index (κ2) is 7.16. The van der Waals surface area contributed by atoms with Crippen molar-refractivity contribution >= 4 is 27.7 Å². The number of nitro groups is 1. The summed E-state index contributed by atoms with van der Waals surface area (Å²) in [6.07, 6.45) is 5.25. The van der Waals surface area contributed by atoms with E-state index in [-0.39, 0.29) is 24.7 Å². The van der Waals surface area contributed by atoms with Gasteiger partial charge in [-0.3, -0.25) is 9.48 Å². The van der Waals surface area contributed by atoms with Gasteiger partial charge in [0.15, 0.2) is 0 Å². The maximum absolute atomic E-state index is 11.8. The summed E-state index contributed by atoms with van der Waals surface area (Å²) in [4.78, 5) is 21.9. The molecule has 0 radical (unpaired) electrons. The van der Waals surface area contributed by atoms with Gasteiger partial charge in [0, 0.05) is 31.3 Å². The number of aryl methyl sites for hydroxylation is 2. The summed E-state index contributed by atoms with van der Waals surface area (Å²) in [7, 11) is 0. The number of rotatable bonds is 7. The molecule has 2 rings (SSSR count). The van der Waals surface area contributed by atoms with Gasteiger partial charge in [-0.15, -0.1) is 0 Å². The number of nitrogens with zero attached hydrogens (tertiary/aromatic N) is 5. The molecule has 0 atom stereocenters. The van der Waals surface area contributed by atoms with Crippen molar-refractivity contribution in [2.24, 2.45) is 0 Å². The predicted molar refractivity (Wildman–Crippen MR) is 80.9 cm³/mol. The summed E-state index contributed by atoms with van der Waals surface area (Å²) >= 11 is 3.06. The van der Waals surface area contributed by atoms with Crippen LogP contribution in [-0.2, 0) is 24.4 Å². The lowest BCUT2D eigenvalue weighted by molar-refractivity contribution is -0.390. The van der Waals surface area contributed by atoms with Crippen molar-refractivity contribution in [2.75, 3.05) is 0 Å². The SMILES string of the molecule is CCn1cc(CNC(=O)CCn2cc(Br)c([N+](=O)[O-])n2)cn1. The van der Waals surface area contributed by atoms with E-state index in [4.69, 9.17) is 0 Å². The third kappa shape index (κ3) is 4.13. The highest BCUT2D eigenvalue weighted by Crippen LogP contribution is 2.21. The van der Waals surface area contributed by atoms with Crippen LogP contribution in [0, 0.1) is 10.1 Å². The van der Waals surface area contributed by atoms with E-state index in [1.165, 1.54) is 10.9 Å². The van der Waals surface area contributed by atoms with Gasteiger partial charge < -0.3 is 15.4 Å². The Bertz CT molecular complexity index is 680. The Hall–Kier alpha value is -2.23. The molecule has 0 aliphatic heterocycles. The van der Waals surface area contributed by atoms with Crippen LogP contribution in [0.3, 0.4) is 0 Å². The van der Waals surface area contributed by atoms with E-state index >= 15 is 0 Å². The van der Waals surface area contributed by atoms with E-state index in [1.807, 2.05) is 13.1 Å². The Labute approximate surface area is 134 Å². The zero-order valence-electron chi connectivity index (χ0n) is 11.9. The lowest BCUT2D eigenvalue weighted by atomic mass is 10.3. The van der Waals surface area contributed by atoms with E-state index in [9.17, 15) is 14.9 Å². The maximum Gasteiger partial charge on any atom is 0.404 e. The zero-order chi connectivity index (χ0) is 16.1. The van der Waals surface area contributed by atoms with Crippen molar-refractivity contribution in [3.8, 4) is 0 Å². The monoisotopic (exact) mass is 370 g/mol. The number of hydrogen-bond acceptors (Lipinski definition) is 5. The normalized spacial score (nSPS) is 10.6. The lowest BCUT2D eigenvalue weighted by Gasteiger charge is -2.02. The fourth-order valence-corrected chi connectivity index (χ4v) is 2.26. The molecule has 22 heavy (non-hydrogen) atoms. The van der Waals surface area contributed by atoms with E-state index < -0.39 is 4.92 Å². The van der Waals surface area contributed by atoms with Crippen molar-refractivity contribution in [3.05, 3.63) is 38.7 Å². The molecule has 0 aliphatic rings. The molecule has 1 amide bonds. The quantitative estimate of drug-likeness (QED) is 0.586. The molecular formula is C12H15BrN6O3. The molecule has 9 nitrogen and oxygen atoms in total. The molecule has 0 aromatic carbocycles. The number of hydrogen-bond donors (Lipinski definition) is 1. The van der Waals surface area contributed by atoms with Crippen LogP contribution in [-0.4, -0.2) is 30.4 Å². The van der Waals surface area contributed by atoms with Crippen LogP contribution >= 0.6 is 15.9 Å². The molecule has 118 valence electrons. The molecule has 1 N–H and O–H groups in total. The van der Waals surface area contributed by atoms with Crippen molar-refractivity contribution < 1.29 is 9.72 Å². The average molecular weight is 371 g/mol.